The van der Waals surface area contributed by atoms with Crippen LogP contribution in [0.2, 0.25) is 0 Å². The number of hydrogen-bond acceptors (Lipinski definition) is 3. The summed E-state index contributed by atoms with van der Waals surface area (Å²) in [4.78, 5) is 29.1. The molecule has 0 unspecified atom stereocenters. The van der Waals surface area contributed by atoms with Gasteiger partial charge in [-0.2, -0.15) is 0 Å². The number of amides is 2. The molecule has 5 heteroatoms. The second kappa shape index (κ2) is 7.56. The Kier molecular flexibility index (Phi) is 5.88. The van der Waals surface area contributed by atoms with E-state index < -0.39 is 5.41 Å². The third-order valence-corrected chi connectivity index (χ3v) is 4.57. The molecule has 1 fully saturated rings. The van der Waals surface area contributed by atoms with Crippen molar-refractivity contribution < 1.29 is 9.59 Å². The van der Waals surface area contributed by atoms with E-state index in [4.69, 9.17) is 0 Å². The van der Waals surface area contributed by atoms with E-state index in [2.05, 4.69) is 10.2 Å². The molecule has 1 aromatic carbocycles. The normalized spacial score (nSPS) is 16.6. The number of nitrogens with one attached hydrogen (secondary N) is 1. The Balaban J connectivity index is 1.89. The van der Waals surface area contributed by atoms with Gasteiger partial charge in [-0.1, -0.05) is 30.3 Å². The van der Waals surface area contributed by atoms with Crippen LogP contribution < -0.4 is 5.32 Å². The Bertz CT molecular complexity index is 597. The second-order valence-electron chi connectivity index (χ2n) is 8.36. The summed E-state index contributed by atoms with van der Waals surface area (Å²) in [5.74, 6) is 0.189. The maximum atomic E-state index is 13.0. The number of piperazine rings is 1. The predicted molar refractivity (Wildman–Crippen MR) is 100 cm³/mol. The van der Waals surface area contributed by atoms with Crippen molar-refractivity contribution in [1.82, 2.24) is 15.1 Å². The molecule has 0 aromatic heterocycles. The van der Waals surface area contributed by atoms with Gasteiger partial charge < -0.3 is 10.2 Å². The molecular weight excluding hydrogens is 314 g/mol. The molecule has 1 saturated heterocycles. The van der Waals surface area contributed by atoms with Crippen LogP contribution in [0.4, 0.5) is 0 Å². The van der Waals surface area contributed by atoms with Crippen LogP contribution in [0.25, 0.3) is 0 Å². The number of carbonyl (C=O) groups excluding carboxylic acids is 2. The lowest BCUT2D eigenvalue weighted by molar-refractivity contribution is -0.138. The standard InChI is InChI=1S/C20H31N3O2/c1-19(2,3)21-17(24)15-22-11-13-23(14-12-22)18(25)20(4,5)16-9-7-6-8-10-16/h6-10H,11-15H2,1-5H3,(H,21,24). The van der Waals surface area contributed by atoms with Gasteiger partial charge in [0, 0.05) is 31.7 Å². The number of benzene rings is 1. The summed E-state index contributed by atoms with van der Waals surface area (Å²) >= 11 is 0. The highest BCUT2D eigenvalue weighted by Gasteiger charge is 2.35. The zero-order valence-electron chi connectivity index (χ0n) is 16.1. The monoisotopic (exact) mass is 345 g/mol. The van der Waals surface area contributed by atoms with Crippen LogP contribution in [0.5, 0.6) is 0 Å². The molecule has 1 N–H and O–H groups in total. The molecule has 2 amide bonds. The van der Waals surface area contributed by atoms with Gasteiger partial charge in [0.25, 0.3) is 0 Å². The molecule has 1 aromatic rings. The van der Waals surface area contributed by atoms with Crippen LogP contribution in [0.1, 0.15) is 40.2 Å². The molecule has 138 valence electrons. The first-order valence-electron chi connectivity index (χ1n) is 8.98. The summed E-state index contributed by atoms with van der Waals surface area (Å²) in [7, 11) is 0. The number of nitrogens with zero attached hydrogens (tertiary/aromatic N) is 2. The lowest BCUT2D eigenvalue weighted by Gasteiger charge is -2.38. The fourth-order valence-electron chi connectivity index (χ4n) is 3.14. The number of rotatable bonds is 4. The van der Waals surface area contributed by atoms with Gasteiger partial charge in [0.05, 0.1) is 12.0 Å². The Morgan fingerprint density at radius 1 is 0.960 bits per heavy atom. The third kappa shape index (κ3) is 5.30. The van der Waals surface area contributed by atoms with Gasteiger partial charge in [-0.3, -0.25) is 14.5 Å². The first kappa shape index (κ1) is 19.4. The fourth-order valence-corrected chi connectivity index (χ4v) is 3.14. The summed E-state index contributed by atoms with van der Waals surface area (Å²) in [6.45, 7) is 13.1. The minimum Gasteiger partial charge on any atom is -0.350 e. The van der Waals surface area contributed by atoms with E-state index in [0.29, 0.717) is 19.6 Å². The Morgan fingerprint density at radius 2 is 1.52 bits per heavy atom. The SMILES string of the molecule is CC(C)(C)NC(=O)CN1CCN(C(=O)C(C)(C)c2ccccc2)CC1. The molecule has 0 atom stereocenters. The van der Waals surface area contributed by atoms with Gasteiger partial charge in [0.2, 0.25) is 11.8 Å². The van der Waals surface area contributed by atoms with Gasteiger partial charge in [0.1, 0.15) is 0 Å². The molecule has 0 radical (unpaired) electrons. The van der Waals surface area contributed by atoms with Crippen LogP contribution in [-0.4, -0.2) is 59.9 Å². The molecule has 1 aliphatic heterocycles. The van der Waals surface area contributed by atoms with Crippen LogP contribution in [0.3, 0.4) is 0 Å². The summed E-state index contributed by atoms with van der Waals surface area (Å²) in [5, 5.41) is 2.99. The molecule has 2 rings (SSSR count). The van der Waals surface area contributed by atoms with Crippen molar-refractivity contribution in [1.29, 1.82) is 0 Å². The number of hydrogen-bond donors (Lipinski definition) is 1. The Labute approximate surface area is 151 Å². The van der Waals surface area contributed by atoms with Crippen LogP contribution in [0, 0.1) is 0 Å². The topological polar surface area (TPSA) is 52.7 Å². The quantitative estimate of drug-likeness (QED) is 0.908. The molecule has 0 saturated carbocycles. The van der Waals surface area contributed by atoms with E-state index >= 15 is 0 Å². The predicted octanol–water partition coefficient (Wildman–Crippen LogP) is 2.02. The average molecular weight is 345 g/mol. The number of carbonyl (C=O) groups is 2. The van der Waals surface area contributed by atoms with Crippen molar-refractivity contribution in [2.24, 2.45) is 0 Å². The minimum absolute atomic E-state index is 0.0388. The Hall–Kier alpha value is -1.88. The summed E-state index contributed by atoms with van der Waals surface area (Å²) in [5.41, 5.74) is 0.286. The van der Waals surface area contributed by atoms with Gasteiger partial charge in [-0.25, -0.2) is 0 Å². The van der Waals surface area contributed by atoms with E-state index in [1.807, 2.05) is 69.9 Å². The first-order chi connectivity index (χ1) is 11.6. The van der Waals surface area contributed by atoms with Crippen LogP contribution >= 0.6 is 0 Å². The minimum atomic E-state index is -0.535. The van der Waals surface area contributed by atoms with E-state index in [-0.39, 0.29) is 17.4 Å². The molecule has 5 nitrogen and oxygen atoms in total. The van der Waals surface area contributed by atoms with Gasteiger partial charge in [0.15, 0.2) is 0 Å². The highest BCUT2D eigenvalue weighted by Crippen LogP contribution is 2.26. The maximum absolute atomic E-state index is 13.0. The molecule has 1 aliphatic rings. The zero-order chi connectivity index (χ0) is 18.7. The summed E-state index contributed by atoms with van der Waals surface area (Å²) in [6.07, 6.45) is 0. The Morgan fingerprint density at radius 3 is 2.04 bits per heavy atom. The van der Waals surface area contributed by atoms with Gasteiger partial charge >= 0.3 is 0 Å². The highest BCUT2D eigenvalue weighted by atomic mass is 16.2. The van der Waals surface area contributed by atoms with E-state index in [1.54, 1.807) is 0 Å². The highest BCUT2D eigenvalue weighted by molar-refractivity contribution is 5.87. The summed E-state index contributed by atoms with van der Waals surface area (Å²) in [6, 6.07) is 9.91. The van der Waals surface area contributed by atoms with Crippen molar-refractivity contribution >= 4 is 11.8 Å². The molecule has 1 heterocycles. The first-order valence-corrected chi connectivity index (χ1v) is 8.98. The molecular formula is C20H31N3O2. The van der Waals surface area contributed by atoms with Crippen molar-refractivity contribution in [3.8, 4) is 0 Å². The maximum Gasteiger partial charge on any atom is 0.234 e. The zero-order valence-corrected chi connectivity index (χ0v) is 16.1. The third-order valence-electron chi connectivity index (χ3n) is 4.57. The van der Waals surface area contributed by atoms with Gasteiger partial charge in [-0.05, 0) is 40.2 Å². The van der Waals surface area contributed by atoms with E-state index in [0.717, 1.165) is 18.7 Å². The lowest BCUT2D eigenvalue weighted by atomic mass is 9.83. The van der Waals surface area contributed by atoms with Crippen LogP contribution in [-0.2, 0) is 15.0 Å². The van der Waals surface area contributed by atoms with Crippen molar-refractivity contribution in [2.75, 3.05) is 32.7 Å². The van der Waals surface area contributed by atoms with Crippen molar-refractivity contribution in [3.63, 3.8) is 0 Å². The van der Waals surface area contributed by atoms with E-state index in [9.17, 15) is 9.59 Å². The van der Waals surface area contributed by atoms with Gasteiger partial charge in [-0.15, -0.1) is 0 Å². The van der Waals surface area contributed by atoms with E-state index in [1.165, 1.54) is 0 Å². The van der Waals surface area contributed by atoms with Crippen LogP contribution in [0.15, 0.2) is 30.3 Å². The molecule has 0 aliphatic carbocycles. The average Bonchev–Trinajstić information content (AvgIpc) is 2.54. The summed E-state index contributed by atoms with van der Waals surface area (Å²) < 4.78 is 0. The lowest BCUT2D eigenvalue weighted by Crippen LogP contribution is -2.55. The van der Waals surface area contributed by atoms with Crippen molar-refractivity contribution in [2.45, 2.75) is 45.6 Å². The molecule has 25 heavy (non-hydrogen) atoms. The molecule has 0 spiro atoms. The van der Waals surface area contributed by atoms with Crippen molar-refractivity contribution in [3.05, 3.63) is 35.9 Å². The molecule has 0 bridgehead atoms. The largest absolute Gasteiger partial charge is 0.350 e. The smallest absolute Gasteiger partial charge is 0.234 e. The fraction of sp³-hybridized carbons (Fsp3) is 0.600. The second-order valence-corrected chi connectivity index (χ2v) is 8.36.